The molecule has 0 atom stereocenters. The van der Waals surface area contributed by atoms with Crippen molar-refractivity contribution in [2.45, 2.75) is 6.54 Å². The molecule has 6 nitrogen and oxygen atoms in total. The van der Waals surface area contributed by atoms with Gasteiger partial charge in [-0.3, -0.25) is 0 Å². The van der Waals surface area contributed by atoms with Crippen molar-refractivity contribution in [2.75, 3.05) is 0 Å². The molecule has 0 spiro atoms. The Bertz CT molecular complexity index is 992. The number of rotatable bonds is 4. The molecule has 4 rings (SSSR count). The molecule has 0 saturated heterocycles. The molecule has 0 N–H and O–H groups in total. The van der Waals surface area contributed by atoms with Crippen LogP contribution >= 0.6 is 31.9 Å². The number of tetrazole rings is 1. The first-order valence-electron chi connectivity index (χ1n) is 7.52. The number of hydrogen-bond donors (Lipinski definition) is 0. The molecule has 2 heterocycles. The second kappa shape index (κ2) is 6.89. The van der Waals surface area contributed by atoms with E-state index >= 15 is 0 Å². The zero-order chi connectivity index (χ0) is 17.2. The predicted molar refractivity (Wildman–Crippen MR) is 101 cm³/mol. The van der Waals surface area contributed by atoms with Gasteiger partial charge in [-0.15, -0.1) is 10.2 Å². The Morgan fingerprint density at radius 3 is 2.44 bits per heavy atom. The number of benzene rings is 2. The SMILES string of the molecule is Brc1ccc(-n2ncc(-c3nnn(Cc4ccccc4)n3)c2Br)cc1. The van der Waals surface area contributed by atoms with Crippen LogP contribution in [0.5, 0.6) is 0 Å². The molecule has 0 radical (unpaired) electrons. The Morgan fingerprint density at radius 1 is 0.920 bits per heavy atom. The molecule has 0 unspecified atom stereocenters. The van der Waals surface area contributed by atoms with Gasteiger partial charge in [0.05, 0.1) is 24.0 Å². The molecule has 0 amide bonds. The molecule has 0 aliphatic carbocycles. The molecule has 2 aromatic carbocycles. The zero-order valence-electron chi connectivity index (χ0n) is 12.9. The van der Waals surface area contributed by atoms with Crippen LogP contribution in [0.15, 0.2) is 69.9 Å². The predicted octanol–water partition coefficient (Wildman–Crippen LogP) is 4.10. The molecule has 8 heteroatoms. The largest absolute Gasteiger partial charge is 0.226 e. The number of halogens is 2. The van der Waals surface area contributed by atoms with Crippen LogP contribution < -0.4 is 0 Å². The lowest BCUT2D eigenvalue weighted by molar-refractivity contribution is 0.573. The minimum absolute atomic E-state index is 0.533. The van der Waals surface area contributed by atoms with Crippen LogP contribution in [0.2, 0.25) is 0 Å². The maximum atomic E-state index is 4.46. The summed E-state index contributed by atoms with van der Waals surface area (Å²) >= 11 is 7.03. The first kappa shape index (κ1) is 16.2. The van der Waals surface area contributed by atoms with Gasteiger partial charge < -0.3 is 0 Å². The zero-order valence-corrected chi connectivity index (χ0v) is 16.1. The van der Waals surface area contributed by atoms with Gasteiger partial charge in [-0.2, -0.15) is 9.90 Å². The van der Waals surface area contributed by atoms with E-state index in [4.69, 9.17) is 0 Å². The summed E-state index contributed by atoms with van der Waals surface area (Å²) in [6, 6.07) is 17.9. The van der Waals surface area contributed by atoms with Crippen LogP contribution in [0, 0.1) is 0 Å². The lowest BCUT2D eigenvalue weighted by Crippen LogP contribution is -2.03. The third-order valence-corrected chi connectivity index (χ3v) is 4.93. The Balaban J connectivity index is 1.62. The van der Waals surface area contributed by atoms with Crippen molar-refractivity contribution in [3.63, 3.8) is 0 Å². The van der Waals surface area contributed by atoms with Gasteiger partial charge >= 0.3 is 0 Å². The highest BCUT2D eigenvalue weighted by molar-refractivity contribution is 9.10. The van der Waals surface area contributed by atoms with Crippen molar-refractivity contribution in [1.29, 1.82) is 0 Å². The summed E-state index contributed by atoms with van der Waals surface area (Å²) in [5.41, 5.74) is 2.86. The van der Waals surface area contributed by atoms with E-state index < -0.39 is 0 Å². The Hall–Kier alpha value is -2.32. The summed E-state index contributed by atoms with van der Waals surface area (Å²) in [5, 5.41) is 17.2. The molecule has 0 aliphatic heterocycles. The summed E-state index contributed by atoms with van der Waals surface area (Å²) < 4.78 is 3.60. The molecule has 124 valence electrons. The average molecular weight is 460 g/mol. The summed E-state index contributed by atoms with van der Waals surface area (Å²) in [5.74, 6) is 0.533. The molecule has 25 heavy (non-hydrogen) atoms. The van der Waals surface area contributed by atoms with Gasteiger partial charge in [-0.25, -0.2) is 4.68 Å². The molecule has 4 aromatic rings. The van der Waals surface area contributed by atoms with Gasteiger partial charge in [0.1, 0.15) is 4.60 Å². The van der Waals surface area contributed by atoms with Crippen molar-refractivity contribution >= 4 is 31.9 Å². The third kappa shape index (κ3) is 3.40. The molecular weight excluding hydrogens is 448 g/mol. The highest BCUT2D eigenvalue weighted by Crippen LogP contribution is 2.27. The highest BCUT2D eigenvalue weighted by atomic mass is 79.9. The number of nitrogens with zero attached hydrogens (tertiary/aromatic N) is 6. The van der Waals surface area contributed by atoms with Gasteiger partial charge in [-0.05, 0) is 51.0 Å². The number of aromatic nitrogens is 6. The lowest BCUT2D eigenvalue weighted by Gasteiger charge is -2.03. The molecular formula is C17H12Br2N6. The fourth-order valence-corrected chi connectivity index (χ4v) is 3.25. The topological polar surface area (TPSA) is 61.4 Å². The van der Waals surface area contributed by atoms with Crippen molar-refractivity contribution in [3.05, 3.63) is 75.4 Å². The number of hydrogen-bond acceptors (Lipinski definition) is 4. The summed E-state index contributed by atoms with van der Waals surface area (Å²) in [6.07, 6.45) is 1.73. The van der Waals surface area contributed by atoms with Crippen molar-refractivity contribution in [2.24, 2.45) is 0 Å². The fraction of sp³-hybridized carbons (Fsp3) is 0.0588. The second-order valence-electron chi connectivity index (χ2n) is 5.37. The highest BCUT2D eigenvalue weighted by Gasteiger charge is 2.16. The smallest absolute Gasteiger partial charge is 0.209 e. The maximum absolute atomic E-state index is 4.46. The van der Waals surface area contributed by atoms with E-state index in [-0.39, 0.29) is 0 Å². The quantitative estimate of drug-likeness (QED) is 0.461. The third-order valence-electron chi connectivity index (χ3n) is 3.64. The Labute approximate surface area is 160 Å². The average Bonchev–Trinajstić information content (AvgIpc) is 3.23. The van der Waals surface area contributed by atoms with Gasteiger partial charge in [0.15, 0.2) is 0 Å². The second-order valence-corrected chi connectivity index (χ2v) is 7.03. The van der Waals surface area contributed by atoms with Gasteiger partial charge in [0, 0.05) is 4.47 Å². The molecule has 0 fully saturated rings. The van der Waals surface area contributed by atoms with Crippen LogP contribution in [0.25, 0.3) is 17.1 Å². The van der Waals surface area contributed by atoms with E-state index in [2.05, 4.69) is 52.4 Å². The van der Waals surface area contributed by atoms with Crippen LogP contribution in [0.1, 0.15) is 5.56 Å². The van der Waals surface area contributed by atoms with E-state index in [9.17, 15) is 0 Å². The van der Waals surface area contributed by atoms with E-state index in [1.165, 1.54) is 0 Å². The van der Waals surface area contributed by atoms with Crippen LogP contribution in [-0.4, -0.2) is 30.0 Å². The summed E-state index contributed by atoms with van der Waals surface area (Å²) in [4.78, 5) is 1.58. The first-order chi connectivity index (χ1) is 12.2. The first-order valence-corrected chi connectivity index (χ1v) is 9.11. The lowest BCUT2D eigenvalue weighted by atomic mass is 10.2. The Kier molecular flexibility index (Phi) is 4.46. The Morgan fingerprint density at radius 2 is 1.68 bits per heavy atom. The van der Waals surface area contributed by atoms with Gasteiger partial charge in [0.2, 0.25) is 5.82 Å². The van der Waals surface area contributed by atoms with E-state index in [1.807, 2.05) is 54.6 Å². The van der Waals surface area contributed by atoms with E-state index in [0.29, 0.717) is 12.4 Å². The van der Waals surface area contributed by atoms with Crippen LogP contribution in [0.4, 0.5) is 0 Å². The van der Waals surface area contributed by atoms with Gasteiger partial charge in [0.25, 0.3) is 0 Å². The van der Waals surface area contributed by atoms with Crippen LogP contribution in [0.3, 0.4) is 0 Å². The van der Waals surface area contributed by atoms with E-state index in [0.717, 1.165) is 25.9 Å². The minimum Gasteiger partial charge on any atom is -0.226 e. The van der Waals surface area contributed by atoms with Crippen LogP contribution in [-0.2, 0) is 6.54 Å². The fourth-order valence-electron chi connectivity index (χ4n) is 2.41. The standard InChI is InChI=1S/C17H12Br2N6/c18-13-6-8-14(9-7-13)25-16(19)15(10-20-25)17-21-23-24(22-17)11-12-4-2-1-3-5-12/h1-10H,11H2. The molecule has 0 aliphatic rings. The van der Waals surface area contributed by atoms with Crippen molar-refractivity contribution in [3.8, 4) is 17.1 Å². The van der Waals surface area contributed by atoms with E-state index in [1.54, 1.807) is 15.7 Å². The monoisotopic (exact) mass is 458 g/mol. The molecule has 0 saturated carbocycles. The minimum atomic E-state index is 0.533. The molecule has 2 aromatic heterocycles. The van der Waals surface area contributed by atoms with Crippen molar-refractivity contribution < 1.29 is 0 Å². The molecule has 0 bridgehead atoms. The normalized spacial score (nSPS) is 11.0. The maximum Gasteiger partial charge on any atom is 0.209 e. The summed E-state index contributed by atoms with van der Waals surface area (Å²) in [6.45, 7) is 0.576. The van der Waals surface area contributed by atoms with Crippen molar-refractivity contribution in [1.82, 2.24) is 30.0 Å². The summed E-state index contributed by atoms with van der Waals surface area (Å²) in [7, 11) is 0. The van der Waals surface area contributed by atoms with Gasteiger partial charge in [-0.1, -0.05) is 46.3 Å².